The van der Waals surface area contributed by atoms with Gasteiger partial charge in [-0.1, -0.05) is 12.1 Å². The van der Waals surface area contributed by atoms with Crippen molar-refractivity contribution in [1.29, 1.82) is 0 Å². The van der Waals surface area contributed by atoms with Gasteiger partial charge in [-0.2, -0.15) is 4.31 Å². The molecular formula is C23H27N5O4S. The van der Waals surface area contributed by atoms with Crippen molar-refractivity contribution in [1.82, 2.24) is 24.1 Å². The number of aromatic amines is 1. The minimum Gasteiger partial charge on any atom is -0.379 e. The van der Waals surface area contributed by atoms with Crippen LogP contribution in [0.4, 0.5) is 0 Å². The summed E-state index contributed by atoms with van der Waals surface area (Å²) < 4.78 is 33.3. The number of pyridine rings is 1. The Labute approximate surface area is 193 Å². The first kappa shape index (κ1) is 22.0. The second-order valence-electron chi connectivity index (χ2n) is 8.34. The Bertz CT molecular complexity index is 1240. The number of piperazine rings is 1. The van der Waals surface area contributed by atoms with E-state index in [1.165, 1.54) is 10.5 Å². The standard InChI is InChI=1S/C23H27N5O4S/c29-23(19-4-1-3-18(15-19)17-26-11-13-32-14-12-26)27-7-9-28(10-8-27)33(30,31)21-16-25-22-20(21)5-2-6-24-22/h1-6,15-16H,7-14,17H2,(H,24,25). The molecule has 2 aromatic heterocycles. The van der Waals surface area contributed by atoms with Gasteiger partial charge in [-0.05, 0) is 29.8 Å². The van der Waals surface area contributed by atoms with Crippen LogP contribution in [-0.2, 0) is 21.3 Å². The summed E-state index contributed by atoms with van der Waals surface area (Å²) >= 11 is 0. The molecule has 33 heavy (non-hydrogen) atoms. The van der Waals surface area contributed by atoms with Crippen LogP contribution in [-0.4, -0.2) is 90.9 Å². The number of rotatable bonds is 5. The summed E-state index contributed by atoms with van der Waals surface area (Å²) in [6, 6.07) is 11.2. The molecule has 0 aliphatic carbocycles. The van der Waals surface area contributed by atoms with Crippen LogP contribution in [0.5, 0.6) is 0 Å². The maximum atomic E-state index is 13.2. The molecule has 0 saturated carbocycles. The lowest BCUT2D eigenvalue weighted by Gasteiger charge is -2.34. The number of morpholine rings is 1. The molecular weight excluding hydrogens is 442 g/mol. The van der Waals surface area contributed by atoms with Gasteiger partial charge in [0.25, 0.3) is 5.91 Å². The van der Waals surface area contributed by atoms with Crippen LogP contribution in [0.3, 0.4) is 0 Å². The molecule has 9 nitrogen and oxygen atoms in total. The predicted octanol–water partition coefficient (Wildman–Crippen LogP) is 1.54. The fourth-order valence-electron chi connectivity index (χ4n) is 4.42. The van der Waals surface area contributed by atoms with E-state index in [4.69, 9.17) is 4.74 Å². The van der Waals surface area contributed by atoms with Gasteiger partial charge in [-0.3, -0.25) is 9.69 Å². The van der Waals surface area contributed by atoms with Crippen LogP contribution in [0.1, 0.15) is 15.9 Å². The first-order valence-electron chi connectivity index (χ1n) is 11.1. The fourth-order valence-corrected chi connectivity index (χ4v) is 5.99. The molecule has 2 aliphatic rings. The van der Waals surface area contributed by atoms with Crippen molar-refractivity contribution in [3.05, 3.63) is 59.9 Å². The molecule has 0 bridgehead atoms. The molecule has 3 aromatic rings. The molecule has 0 spiro atoms. The van der Waals surface area contributed by atoms with E-state index in [1.54, 1.807) is 23.2 Å². The molecule has 4 heterocycles. The molecule has 5 rings (SSSR count). The van der Waals surface area contributed by atoms with E-state index in [2.05, 4.69) is 14.9 Å². The van der Waals surface area contributed by atoms with Crippen molar-refractivity contribution in [2.24, 2.45) is 0 Å². The average Bonchev–Trinajstić information content (AvgIpc) is 3.30. The van der Waals surface area contributed by atoms with Crippen LogP contribution in [0.15, 0.2) is 53.7 Å². The first-order valence-corrected chi connectivity index (χ1v) is 12.6. The van der Waals surface area contributed by atoms with Crippen LogP contribution < -0.4 is 0 Å². The summed E-state index contributed by atoms with van der Waals surface area (Å²) in [7, 11) is -3.67. The molecule has 0 atom stereocenters. The number of fused-ring (bicyclic) bond motifs is 1. The Morgan fingerprint density at radius 2 is 1.82 bits per heavy atom. The number of sulfonamides is 1. The Hall–Kier alpha value is -2.79. The molecule has 0 unspecified atom stereocenters. The maximum Gasteiger partial charge on any atom is 0.253 e. The van der Waals surface area contributed by atoms with Crippen LogP contribution in [0.25, 0.3) is 11.0 Å². The Balaban J connectivity index is 1.24. The number of hydrogen-bond donors (Lipinski definition) is 1. The Kier molecular flexibility index (Phi) is 6.15. The number of carbonyl (C=O) groups is 1. The maximum absolute atomic E-state index is 13.2. The SMILES string of the molecule is O=C(c1cccc(CN2CCOCC2)c1)N1CCN(S(=O)(=O)c2c[nH]c3ncccc23)CC1. The summed E-state index contributed by atoms with van der Waals surface area (Å²) in [4.78, 5) is 24.5. The average molecular weight is 470 g/mol. The molecule has 2 saturated heterocycles. The smallest absolute Gasteiger partial charge is 0.253 e. The number of H-pyrrole nitrogens is 1. The third kappa shape index (κ3) is 4.51. The largest absolute Gasteiger partial charge is 0.379 e. The van der Waals surface area contributed by atoms with Gasteiger partial charge in [0, 0.05) is 69.2 Å². The van der Waals surface area contributed by atoms with Crippen LogP contribution in [0, 0.1) is 0 Å². The van der Waals surface area contributed by atoms with Gasteiger partial charge in [0.15, 0.2) is 0 Å². The zero-order valence-corrected chi connectivity index (χ0v) is 19.1. The lowest BCUT2D eigenvalue weighted by Crippen LogP contribution is -2.50. The molecule has 174 valence electrons. The number of aromatic nitrogens is 2. The molecule has 0 radical (unpaired) electrons. The highest BCUT2D eigenvalue weighted by Gasteiger charge is 2.32. The quantitative estimate of drug-likeness (QED) is 0.609. The molecule has 2 fully saturated rings. The molecule has 1 amide bonds. The number of carbonyl (C=O) groups excluding carboxylic acids is 1. The topological polar surface area (TPSA) is 98.8 Å². The fraction of sp³-hybridized carbons (Fsp3) is 0.391. The van der Waals surface area contributed by atoms with E-state index in [-0.39, 0.29) is 23.9 Å². The van der Waals surface area contributed by atoms with Gasteiger partial charge in [0.1, 0.15) is 10.5 Å². The number of amides is 1. The molecule has 1 aromatic carbocycles. The van der Waals surface area contributed by atoms with Gasteiger partial charge in [-0.25, -0.2) is 13.4 Å². The first-order chi connectivity index (χ1) is 16.0. The van der Waals surface area contributed by atoms with Crippen molar-refractivity contribution >= 4 is 27.0 Å². The molecule has 2 aliphatic heterocycles. The van der Waals surface area contributed by atoms with E-state index in [1.807, 2.05) is 24.3 Å². The van der Waals surface area contributed by atoms with Gasteiger partial charge in [0.2, 0.25) is 10.0 Å². The number of hydrogen-bond acceptors (Lipinski definition) is 6. The number of nitrogens with one attached hydrogen (secondary N) is 1. The monoisotopic (exact) mass is 469 g/mol. The van der Waals surface area contributed by atoms with Crippen LogP contribution in [0.2, 0.25) is 0 Å². The van der Waals surface area contributed by atoms with E-state index >= 15 is 0 Å². The van der Waals surface area contributed by atoms with Crippen molar-refractivity contribution < 1.29 is 17.9 Å². The summed E-state index contributed by atoms with van der Waals surface area (Å²) in [5.74, 6) is -0.0628. The predicted molar refractivity (Wildman–Crippen MR) is 123 cm³/mol. The summed E-state index contributed by atoms with van der Waals surface area (Å²) in [5.41, 5.74) is 2.28. The highest BCUT2D eigenvalue weighted by molar-refractivity contribution is 7.89. The van der Waals surface area contributed by atoms with E-state index in [9.17, 15) is 13.2 Å². The number of nitrogens with zero attached hydrogens (tertiary/aromatic N) is 4. The number of benzene rings is 1. The second kappa shape index (κ2) is 9.22. The highest BCUT2D eigenvalue weighted by Crippen LogP contribution is 2.25. The lowest BCUT2D eigenvalue weighted by atomic mass is 10.1. The third-order valence-corrected chi connectivity index (χ3v) is 8.18. The van der Waals surface area contributed by atoms with Crippen molar-refractivity contribution in [3.63, 3.8) is 0 Å². The lowest BCUT2D eigenvalue weighted by molar-refractivity contribution is 0.0341. The summed E-state index contributed by atoms with van der Waals surface area (Å²) in [5, 5.41) is 0.577. The summed E-state index contributed by atoms with van der Waals surface area (Å²) in [6.45, 7) is 5.27. The third-order valence-electron chi connectivity index (χ3n) is 6.24. The minimum atomic E-state index is -3.67. The highest BCUT2D eigenvalue weighted by atomic mass is 32.2. The van der Waals surface area contributed by atoms with Crippen molar-refractivity contribution in [2.75, 3.05) is 52.5 Å². The molecule has 1 N–H and O–H groups in total. The van der Waals surface area contributed by atoms with Crippen LogP contribution >= 0.6 is 0 Å². The van der Waals surface area contributed by atoms with E-state index < -0.39 is 10.0 Å². The van der Waals surface area contributed by atoms with E-state index in [0.29, 0.717) is 29.7 Å². The van der Waals surface area contributed by atoms with Gasteiger partial charge >= 0.3 is 0 Å². The van der Waals surface area contributed by atoms with Gasteiger partial charge in [-0.15, -0.1) is 0 Å². The van der Waals surface area contributed by atoms with Crippen molar-refractivity contribution in [3.8, 4) is 0 Å². The van der Waals surface area contributed by atoms with E-state index in [0.717, 1.165) is 38.4 Å². The number of ether oxygens (including phenoxy) is 1. The van der Waals surface area contributed by atoms with Crippen molar-refractivity contribution in [2.45, 2.75) is 11.4 Å². The Morgan fingerprint density at radius 3 is 2.61 bits per heavy atom. The Morgan fingerprint density at radius 1 is 1.03 bits per heavy atom. The zero-order valence-electron chi connectivity index (χ0n) is 18.3. The van der Waals surface area contributed by atoms with Gasteiger partial charge < -0.3 is 14.6 Å². The normalized spacial score (nSPS) is 18.6. The summed E-state index contributed by atoms with van der Waals surface area (Å²) in [6.07, 6.45) is 3.11. The zero-order chi connectivity index (χ0) is 22.8. The van der Waals surface area contributed by atoms with Gasteiger partial charge in [0.05, 0.1) is 13.2 Å². The minimum absolute atomic E-state index is 0.0628. The molecule has 10 heteroatoms. The second-order valence-corrected chi connectivity index (χ2v) is 10.2.